The molecule has 17 heavy (non-hydrogen) atoms. The lowest BCUT2D eigenvalue weighted by Crippen LogP contribution is -2.17. The third kappa shape index (κ3) is 2.31. The van der Waals surface area contributed by atoms with Gasteiger partial charge in [-0.15, -0.1) is 0 Å². The van der Waals surface area contributed by atoms with E-state index < -0.39 is 0 Å². The van der Waals surface area contributed by atoms with Gasteiger partial charge in [0.15, 0.2) is 0 Å². The second-order valence-electron chi connectivity index (χ2n) is 3.81. The summed E-state index contributed by atoms with van der Waals surface area (Å²) in [6.07, 6.45) is 1.48. The summed E-state index contributed by atoms with van der Waals surface area (Å²) in [5.41, 5.74) is 2.78. The second-order valence-corrected chi connectivity index (χ2v) is 3.81. The first-order valence-corrected chi connectivity index (χ1v) is 5.64. The highest BCUT2D eigenvalue weighted by molar-refractivity contribution is 5.60. The molecule has 0 aliphatic heterocycles. The van der Waals surface area contributed by atoms with E-state index in [0.29, 0.717) is 11.7 Å². The van der Waals surface area contributed by atoms with Crippen molar-refractivity contribution < 1.29 is 9.52 Å². The molecule has 90 valence electrons. The maximum atomic E-state index is 8.99. The summed E-state index contributed by atoms with van der Waals surface area (Å²) in [6.45, 7) is 4.74. The van der Waals surface area contributed by atoms with Crippen LogP contribution in [0.15, 0.2) is 34.9 Å². The molecule has 1 N–H and O–H groups in total. The minimum atomic E-state index is -0.102. The van der Waals surface area contributed by atoms with Gasteiger partial charge in [0.25, 0.3) is 0 Å². The lowest BCUT2D eigenvalue weighted by atomic mass is 10.2. The van der Waals surface area contributed by atoms with Gasteiger partial charge in [-0.1, -0.05) is 18.2 Å². The largest absolute Gasteiger partial charge is 0.431 e. The summed E-state index contributed by atoms with van der Waals surface area (Å²) in [6, 6.07) is 8.59. The van der Waals surface area contributed by atoms with Gasteiger partial charge >= 0.3 is 6.01 Å². The van der Waals surface area contributed by atoms with Gasteiger partial charge in [-0.2, -0.15) is 4.98 Å². The highest BCUT2D eigenvalue weighted by Gasteiger charge is 2.14. The maximum Gasteiger partial charge on any atom is 0.302 e. The number of aromatic nitrogens is 1. The lowest BCUT2D eigenvalue weighted by Gasteiger charge is -2.20. The molecule has 0 fully saturated rings. The summed E-state index contributed by atoms with van der Waals surface area (Å²) < 4.78 is 5.37. The van der Waals surface area contributed by atoms with Crippen molar-refractivity contribution in [3.05, 3.63) is 41.8 Å². The van der Waals surface area contributed by atoms with E-state index >= 15 is 0 Å². The molecule has 0 unspecified atom stereocenters. The SMILES string of the molecule is CCN(c1nc(CO)co1)c1ccccc1C. The normalized spacial score (nSPS) is 10.5. The third-order valence-electron chi connectivity index (χ3n) is 2.66. The summed E-state index contributed by atoms with van der Waals surface area (Å²) in [4.78, 5) is 6.21. The van der Waals surface area contributed by atoms with E-state index in [0.717, 1.165) is 17.8 Å². The number of aliphatic hydroxyl groups excluding tert-OH is 1. The van der Waals surface area contributed by atoms with Gasteiger partial charge in [0.2, 0.25) is 0 Å². The number of benzene rings is 1. The van der Waals surface area contributed by atoms with Crippen LogP contribution >= 0.6 is 0 Å². The molecule has 1 heterocycles. The first kappa shape index (κ1) is 11.7. The average molecular weight is 232 g/mol. The highest BCUT2D eigenvalue weighted by Crippen LogP contribution is 2.27. The van der Waals surface area contributed by atoms with Crippen molar-refractivity contribution in [1.82, 2.24) is 4.98 Å². The van der Waals surface area contributed by atoms with Gasteiger partial charge < -0.3 is 9.52 Å². The zero-order valence-electron chi connectivity index (χ0n) is 10.1. The van der Waals surface area contributed by atoms with Gasteiger partial charge in [-0.3, -0.25) is 4.90 Å². The Morgan fingerprint density at radius 2 is 2.12 bits per heavy atom. The maximum absolute atomic E-state index is 8.99. The molecule has 0 bridgehead atoms. The number of aryl methyl sites for hydroxylation is 1. The molecule has 0 spiro atoms. The second kappa shape index (κ2) is 5.01. The molecule has 2 rings (SSSR count). The van der Waals surface area contributed by atoms with Crippen molar-refractivity contribution in [2.75, 3.05) is 11.4 Å². The van der Waals surface area contributed by atoms with Crippen LogP contribution in [0, 0.1) is 6.92 Å². The Hall–Kier alpha value is -1.81. The van der Waals surface area contributed by atoms with Crippen molar-refractivity contribution in [2.45, 2.75) is 20.5 Å². The van der Waals surface area contributed by atoms with Gasteiger partial charge in [0, 0.05) is 12.2 Å². The van der Waals surface area contributed by atoms with Gasteiger partial charge in [-0.05, 0) is 25.5 Å². The Morgan fingerprint density at radius 3 is 2.71 bits per heavy atom. The molecule has 1 aromatic carbocycles. The number of para-hydroxylation sites is 1. The van der Waals surface area contributed by atoms with E-state index in [1.54, 1.807) is 0 Å². The van der Waals surface area contributed by atoms with Crippen LogP contribution in [0.4, 0.5) is 11.7 Å². The quantitative estimate of drug-likeness (QED) is 0.880. The Labute approximate surface area is 101 Å². The predicted molar refractivity (Wildman–Crippen MR) is 66.3 cm³/mol. The minimum absolute atomic E-state index is 0.102. The third-order valence-corrected chi connectivity index (χ3v) is 2.66. The molecule has 4 nitrogen and oxygen atoms in total. The van der Waals surface area contributed by atoms with Crippen molar-refractivity contribution in [1.29, 1.82) is 0 Å². The van der Waals surface area contributed by atoms with Crippen LogP contribution in [0.2, 0.25) is 0 Å². The molecule has 4 heteroatoms. The standard InChI is InChI=1S/C13H16N2O2/c1-3-15(12-7-5-4-6-10(12)2)13-14-11(8-16)9-17-13/h4-7,9,16H,3,8H2,1-2H3. The topological polar surface area (TPSA) is 49.5 Å². The number of nitrogens with zero attached hydrogens (tertiary/aromatic N) is 2. The number of oxazole rings is 1. The number of aliphatic hydroxyl groups is 1. The zero-order chi connectivity index (χ0) is 12.3. The molecule has 0 saturated carbocycles. The van der Waals surface area contributed by atoms with Crippen LogP contribution in [0.1, 0.15) is 18.2 Å². The first-order valence-electron chi connectivity index (χ1n) is 5.64. The molecule has 0 aliphatic rings. The van der Waals surface area contributed by atoms with Crippen molar-refractivity contribution >= 4 is 11.7 Å². The van der Waals surface area contributed by atoms with E-state index in [2.05, 4.69) is 4.98 Å². The van der Waals surface area contributed by atoms with E-state index in [9.17, 15) is 0 Å². The summed E-state index contributed by atoms with van der Waals surface area (Å²) >= 11 is 0. The van der Waals surface area contributed by atoms with E-state index in [-0.39, 0.29) is 6.61 Å². The van der Waals surface area contributed by atoms with Gasteiger partial charge in [0.05, 0.1) is 6.61 Å². The van der Waals surface area contributed by atoms with Crippen LogP contribution in [0.25, 0.3) is 0 Å². The van der Waals surface area contributed by atoms with Crippen LogP contribution in [-0.4, -0.2) is 16.6 Å². The Bertz CT molecular complexity index is 494. The van der Waals surface area contributed by atoms with Crippen LogP contribution in [0.5, 0.6) is 0 Å². The monoisotopic (exact) mass is 232 g/mol. The molecular formula is C13H16N2O2. The fourth-order valence-corrected chi connectivity index (χ4v) is 1.77. The van der Waals surface area contributed by atoms with E-state index in [4.69, 9.17) is 9.52 Å². The summed E-state index contributed by atoms with van der Waals surface area (Å²) in [5, 5.41) is 8.99. The number of hydrogen-bond donors (Lipinski definition) is 1. The summed E-state index contributed by atoms with van der Waals surface area (Å²) in [7, 11) is 0. The smallest absolute Gasteiger partial charge is 0.302 e. The Balaban J connectivity index is 2.36. The molecule has 0 atom stereocenters. The average Bonchev–Trinajstić information content (AvgIpc) is 2.81. The fourth-order valence-electron chi connectivity index (χ4n) is 1.77. The molecule has 1 aromatic heterocycles. The van der Waals surface area contributed by atoms with E-state index in [1.807, 2.05) is 43.0 Å². The minimum Gasteiger partial charge on any atom is -0.431 e. The molecule has 0 amide bonds. The van der Waals surface area contributed by atoms with E-state index in [1.165, 1.54) is 6.26 Å². The van der Waals surface area contributed by atoms with Crippen molar-refractivity contribution in [3.63, 3.8) is 0 Å². The molecule has 0 radical (unpaired) electrons. The van der Waals surface area contributed by atoms with Crippen molar-refractivity contribution in [3.8, 4) is 0 Å². The molecule has 2 aromatic rings. The van der Waals surface area contributed by atoms with Gasteiger partial charge in [-0.25, -0.2) is 0 Å². The van der Waals surface area contributed by atoms with Crippen LogP contribution in [0.3, 0.4) is 0 Å². The highest BCUT2D eigenvalue weighted by atomic mass is 16.4. The zero-order valence-corrected chi connectivity index (χ0v) is 10.1. The summed E-state index contributed by atoms with van der Waals surface area (Å²) in [5.74, 6) is 0. The van der Waals surface area contributed by atoms with Crippen LogP contribution in [-0.2, 0) is 6.61 Å². The Morgan fingerprint density at radius 1 is 1.35 bits per heavy atom. The number of rotatable bonds is 4. The number of anilines is 2. The van der Waals surface area contributed by atoms with Gasteiger partial charge in [0.1, 0.15) is 12.0 Å². The first-order chi connectivity index (χ1) is 8.26. The molecular weight excluding hydrogens is 216 g/mol. The molecule has 0 aliphatic carbocycles. The van der Waals surface area contributed by atoms with Crippen LogP contribution < -0.4 is 4.90 Å². The fraction of sp³-hybridized carbons (Fsp3) is 0.308. The Kier molecular flexibility index (Phi) is 3.44. The predicted octanol–water partition coefficient (Wildman–Crippen LogP) is 2.63. The molecule has 0 saturated heterocycles. The lowest BCUT2D eigenvalue weighted by molar-refractivity contribution is 0.276. The number of hydrogen-bond acceptors (Lipinski definition) is 4. The van der Waals surface area contributed by atoms with Crippen molar-refractivity contribution in [2.24, 2.45) is 0 Å².